The average Bonchev–Trinajstić information content (AvgIpc) is 2.97. The van der Waals surface area contributed by atoms with Crippen molar-refractivity contribution in [1.82, 2.24) is 21.3 Å². The molecule has 0 radical (unpaired) electrons. The second kappa shape index (κ2) is 15.7. The Morgan fingerprint density at radius 2 is 1.67 bits per heavy atom. The zero-order valence-corrected chi connectivity index (χ0v) is 26.2. The molecule has 1 saturated carbocycles. The standard InChI is InChI=1S/C34H49ClN4O3/c1-22(2)19-31(34(42)38-30-10-5-4-9-29(30)27-7-6-8-28(35)21-27)39-32(40)23(3)37-33(41)26-13-11-24(12-14-26)20-25-15-17-36-18-16-25/h6,8,11-14,21-23,25,27,29-31,36H,4-5,7,9-10,15-20H2,1-3H3,(H,37,41)(H,38,42)(H,39,40)/t23-,27?,29-,30?,31-/m0/s1. The van der Waals surface area contributed by atoms with Crippen molar-refractivity contribution in [3.05, 3.63) is 58.7 Å². The van der Waals surface area contributed by atoms with Gasteiger partial charge in [-0.3, -0.25) is 14.4 Å². The van der Waals surface area contributed by atoms with Crippen LogP contribution in [0, 0.1) is 23.7 Å². The molecule has 2 fully saturated rings. The number of allylic oxidation sites excluding steroid dienone is 4. The average molecular weight is 597 g/mol. The number of piperidine rings is 1. The van der Waals surface area contributed by atoms with Crippen LogP contribution in [0.3, 0.4) is 0 Å². The highest BCUT2D eigenvalue weighted by molar-refractivity contribution is 6.31. The molecule has 42 heavy (non-hydrogen) atoms. The first-order valence-electron chi connectivity index (χ1n) is 15.9. The van der Waals surface area contributed by atoms with Crippen molar-refractivity contribution in [2.24, 2.45) is 23.7 Å². The lowest BCUT2D eigenvalue weighted by Gasteiger charge is -2.38. The number of carbonyl (C=O) groups excluding carboxylic acids is 3. The smallest absolute Gasteiger partial charge is 0.251 e. The Balaban J connectivity index is 1.32. The fraction of sp³-hybridized carbons (Fsp3) is 0.618. The topological polar surface area (TPSA) is 99.3 Å². The van der Waals surface area contributed by atoms with Gasteiger partial charge < -0.3 is 21.3 Å². The number of nitrogens with one attached hydrogen (secondary N) is 4. The van der Waals surface area contributed by atoms with E-state index in [1.54, 1.807) is 6.92 Å². The van der Waals surface area contributed by atoms with E-state index in [0.29, 0.717) is 29.7 Å². The zero-order valence-electron chi connectivity index (χ0n) is 25.5. The Bertz CT molecular complexity index is 1130. The van der Waals surface area contributed by atoms with Gasteiger partial charge in [0.05, 0.1) is 0 Å². The molecule has 0 spiro atoms. The van der Waals surface area contributed by atoms with Crippen LogP contribution in [-0.4, -0.2) is 48.9 Å². The molecule has 8 heteroatoms. The summed E-state index contributed by atoms with van der Waals surface area (Å²) in [5.74, 6) is 0.698. The van der Waals surface area contributed by atoms with Gasteiger partial charge in [-0.2, -0.15) is 0 Å². The Morgan fingerprint density at radius 1 is 0.952 bits per heavy atom. The number of carbonyl (C=O) groups is 3. The van der Waals surface area contributed by atoms with Gasteiger partial charge in [0.1, 0.15) is 12.1 Å². The second-order valence-corrected chi connectivity index (χ2v) is 13.3. The molecule has 7 nitrogen and oxygen atoms in total. The van der Waals surface area contributed by atoms with Crippen molar-refractivity contribution >= 4 is 29.3 Å². The Morgan fingerprint density at radius 3 is 2.36 bits per heavy atom. The summed E-state index contributed by atoms with van der Waals surface area (Å²) in [7, 11) is 0. The van der Waals surface area contributed by atoms with Gasteiger partial charge in [0, 0.05) is 16.6 Å². The summed E-state index contributed by atoms with van der Waals surface area (Å²) in [5.41, 5.74) is 1.75. The normalized spacial score (nSPS) is 24.4. The van der Waals surface area contributed by atoms with Crippen LogP contribution in [0.1, 0.15) is 88.1 Å². The van der Waals surface area contributed by atoms with Crippen LogP contribution in [0.2, 0.25) is 0 Å². The van der Waals surface area contributed by atoms with Gasteiger partial charge in [0.2, 0.25) is 11.8 Å². The maximum Gasteiger partial charge on any atom is 0.251 e. The summed E-state index contributed by atoms with van der Waals surface area (Å²) < 4.78 is 0. The van der Waals surface area contributed by atoms with E-state index in [2.05, 4.69) is 33.4 Å². The minimum Gasteiger partial charge on any atom is -0.351 e. The number of rotatable bonds is 11. The first-order chi connectivity index (χ1) is 20.2. The molecule has 230 valence electrons. The van der Waals surface area contributed by atoms with Gasteiger partial charge >= 0.3 is 0 Å². The molecule has 1 aliphatic heterocycles. The van der Waals surface area contributed by atoms with Gasteiger partial charge in [-0.25, -0.2) is 0 Å². The lowest BCUT2D eigenvalue weighted by Crippen LogP contribution is -2.56. The van der Waals surface area contributed by atoms with Crippen LogP contribution in [0.15, 0.2) is 47.5 Å². The highest BCUT2D eigenvalue weighted by Gasteiger charge is 2.34. The SMILES string of the molecule is CC(C)C[C@H](NC(=O)[C@H](C)NC(=O)c1ccc(CC2CCNCC2)cc1)C(=O)NC1CCCC[C@H]1C1C=C(Cl)C=CC1. The third-order valence-corrected chi connectivity index (χ3v) is 9.29. The van der Waals surface area contributed by atoms with E-state index >= 15 is 0 Å². The van der Waals surface area contributed by atoms with Crippen LogP contribution in [-0.2, 0) is 16.0 Å². The predicted octanol–water partition coefficient (Wildman–Crippen LogP) is 5.25. The second-order valence-electron chi connectivity index (χ2n) is 12.9. The summed E-state index contributed by atoms with van der Waals surface area (Å²) in [6.45, 7) is 7.87. The van der Waals surface area contributed by atoms with Gasteiger partial charge in [-0.05, 0) is 112 Å². The molecule has 2 aliphatic carbocycles. The minimum atomic E-state index is -0.780. The quantitative estimate of drug-likeness (QED) is 0.280. The lowest BCUT2D eigenvalue weighted by atomic mass is 9.74. The van der Waals surface area contributed by atoms with Gasteiger partial charge in [0.15, 0.2) is 0 Å². The summed E-state index contributed by atoms with van der Waals surface area (Å²) in [6.07, 6.45) is 15.2. The molecular weight excluding hydrogens is 548 g/mol. The highest BCUT2D eigenvalue weighted by Crippen LogP contribution is 2.36. The number of benzene rings is 1. The number of halogens is 1. The van der Waals surface area contributed by atoms with E-state index in [9.17, 15) is 14.4 Å². The van der Waals surface area contributed by atoms with Crippen molar-refractivity contribution in [2.45, 2.75) is 96.7 Å². The van der Waals surface area contributed by atoms with E-state index in [4.69, 9.17) is 11.6 Å². The molecule has 0 bridgehead atoms. The molecule has 1 saturated heterocycles. The van der Waals surface area contributed by atoms with Crippen molar-refractivity contribution in [3.63, 3.8) is 0 Å². The van der Waals surface area contributed by atoms with Crippen molar-refractivity contribution in [2.75, 3.05) is 13.1 Å². The third kappa shape index (κ3) is 9.43. The summed E-state index contributed by atoms with van der Waals surface area (Å²) >= 11 is 6.30. The van der Waals surface area contributed by atoms with E-state index in [0.717, 1.165) is 56.6 Å². The van der Waals surface area contributed by atoms with E-state index in [1.165, 1.54) is 18.4 Å². The van der Waals surface area contributed by atoms with E-state index in [1.807, 2.05) is 44.2 Å². The lowest BCUT2D eigenvalue weighted by molar-refractivity contribution is -0.131. The maximum atomic E-state index is 13.5. The minimum absolute atomic E-state index is 0.0462. The molecule has 5 atom stereocenters. The van der Waals surface area contributed by atoms with Crippen molar-refractivity contribution in [1.29, 1.82) is 0 Å². The first kappa shape index (κ1) is 32.3. The molecule has 4 N–H and O–H groups in total. The van der Waals surface area contributed by atoms with E-state index in [-0.39, 0.29) is 29.7 Å². The number of amides is 3. The molecule has 3 amide bonds. The monoisotopic (exact) mass is 596 g/mol. The fourth-order valence-corrected chi connectivity index (χ4v) is 6.91. The molecule has 1 aromatic rings. The molecule has 2 unspecified atom stereocenters. The van der Waals surface area contributed by atoms with Gasteiger partial charge in [-0.15, -0.1) is 0 Å². The predicted molar refractivity (Wildman–Crippen MR) is 169 cm³/mol. The largest absolute Gasteiger partial charge is 0.351 e. The van der Waals surface area contributed by atoms with Crippen LogP contribution in [0.4, 0.5) is 0 Å². The number of hydrogen-bond donors (Lipinski definition) is 4. The Hall–Kier alpha value is -2.64. The molecule has 3 aliphatic rings. The number of hydrogen-bond acceptors (Lipinski definition) is 4. The molecule has 1 heterocycles. The fourth-order valence-electron chi connectivity index (χ4n) is 6.66. The van der Waals surface area contributed by atoms with Crippen LogP contribution in [0.5, 0.6) is 0 Å². The van der Waals surface area contributed by atoms with Crippen LogP contribution in [0.25, 0.3) is 0 Å². The molecule has 4 rings (SSSR count). The third-order valence-electron chi connectivity index (χ3n) is 9.04. The van der Waals surface area contributed by atoms with Gasteiger partial charge in [-0.1, -0.05) is 62.6 Å². The summed E-state index contributed by atoms with van der Waals surface area (Å²) in [4.78, 5) is 39.7. The van der Waals surface area contributed by atoms with E-state index < -0.39 is 12.1 Å². The van der Waals surface area contributed by atoms with Crippen molar-refractivity contribution < 1.29 is 14.4 Å². The zero-order chi connectivity index (χ0) is 30.1. The summed E-state index contributed by atoms with van der Waals surface area (Å²) in [5, 5.41) is 13.2. The van der Waals surface area contributed by atoms with Crippen LogP contribution < -0.4 is 21.3 Å². The van der Waals surface area contributed by atoms with Crippen LogP contribution >= 0.6 is 11.6 Å². The molecule has 1 aromatic carbocycles. The maximum absolute atomic E-state index is 13.5. The first-order valence-corrected chi connectivity index (χ1v) is 16.3. The van der Waals surface area contributed by atoms with Crippen molar-refractivity contribution in [3.8, 4) is 0 Å². The molecule has 0 aromatic heterocycles. The van der Waals surface area contributed by atoms with Gasteiger partial charge in [0.25, 0.3) is 5.91 Å². The summed E-state index contributed by atoms with van der Waals surface area (Å²) in [6, 6.07) is 6.28. The molecular formula is C34H49ClN4O3. The Labute approximate surface area is 256 Å². The Kier molecular flexibility index (Phi) is 12.1. The highest BCUT2D eigenvalue weighted by atomic mass is 35.5.